The van der Waals surface area contributed by atoms with Crippen LogP contribution in [0.5, 0.6) is 0 Å². The largest absolute Gasteiger partial charge is 0.265 e. The van der Waals surface area contributed by atoms with E-state index in [1.165, 1.54) is 4.31 Å². The molecule has 0 unspecified atom stereocenters. The van der Waals surface area contributed by atoms with Gasteiger partial charge in [0.25, 0.3) is 10.0 Å². The molecule has 6 heteroatoms. The van der Waals surface area contributed by atoms with E-state index in [0.717, 1.165) is 10.8 Å². The SMILES string of the molecule is O=S1(=O)c2cccc3cncc(c23)N1CCCl. The molecule has 2 heterocycles. The molecule has 2 aromatic rings. The van der Waals surface area contributed by atoms with E-state index >= 15 is 0 Å². The van der Waals surface area contributed by atoms with Crippen molar-refractivity contribution in [3.63, 3.8) is 0 Å². The molecule has 1 aliphatic rings. The molecule has 1 aromatic carbocycles. The smallest absolute Gasteiger partial charge is 0.263 e. The van der Waals surface area contributed by atoms with Crippen molar-refractivity contribution in [2.24, 2.45) is 0 Å². The van der Waals surface area contributed by atoms with Gasteiger partial charge in [-0.3, -0.25) is 9.29 Å². The Kier molecular flexibility index (Phi) is 2.27. The molecule has 17 heavy (non-hydrogen) atoms. The van der Waals surface area contributed by atoms with Crippen molar-refractivity contribution >= 4 is 38.1 Å². The van der Waals surface area contributed by atoms with Crippen molar-refractivity contribution in [1.29, 1.82) is 0 Å². The number of nitrogens with zero attached hydrogens (tertiary/aromatic N) is 2. The first-order valence-corrected chi connectivity index (χ1v) is 7.09. The van der Waals surface area contributed by atoms with Gasteiger partial charge < -0.3 is 0 Å². The van der Waals surface area contributed by atoms with Crippen LogP contribution in [0.1, 0.15) is 0 Å². The van der Waals surface area contributed by atoms with E-state index in [-0.39, 0.29) is 12.4 Å². The highest BCUT2D eigenvalue weighted by molar-refractivity contribution is 7.93. The molecule has 0 bridgehead atoms. The molecule has 0 N–H and O–H groups in total. The van der Waals surface area contributed by atoms with Crippen LogP contribution in [0.2, 0.25) is 0 Å². The molecule has 0 spiro atoms. The number of sulfonamides is 1. The highest BCUT2D eigenvalue weighted by Gasteiger charge is 2.35. The van der Waals surface area contributed by atoms with Gasteiger partial charge in [-0.25, -0.2) is 8.42 Å². The van der Waals surface area contributed by atoms with Gasteiger partial charge in [0, 0.05) is 29.4 Å². The predicted octanol–water partition coefficient (Wildman–Crippen LogP) is 1.98. The zero-order valence-corrected chi connectivity index (χ0v) is 10.4. The molecule has 4 nitrogen and oxygen atoms in total. The topological polar surface area (TPSA) is 50.3 Å². The summed E-state index contributed by atoms with van der Waals surface area (Å²) in [5.74, 6) is 0.254. The van der Waals surface area contributed by atoms with Gasteiger partial charge in [-0.2, -0.15) is 0 Å². The fraction of sp³-hybridized carbons (Fsp3) is 0.182. The third-order valence-corrected chi connectivity index (χ3v) is 4.87. The van der Waals surface area contributed by atoms with Crippen LogP contribution in [0.3, 0.4) is 0 Å². The zero-order chi connectivity index (χ0) is 12.0. The van der Waals surface area contributed by atoms with E-state index in [9.17, 15) is 8.42 Å². The Morgan fingerprint density at radius 1 is 1.29 bits per heavy atom. The van der Waals surface area contributed by atoms with Crippen molar-refractivity contribution in [2.45, 2.75) is 4.90 Å². The van der Waals surface area contributed by atoms with Crippen LogP contribution in [-0.4, -0.2) is 25.8 Å². The average Bonchev–Trinajstić information content (AvgIpc) is 2.54. The lowest BCUT2D eigenvalue weighted by molar-refractivity contribution is 0.595. The van der Waals surface area contributed by atoms with Crippen LogP contribution in [0.15, 0.2) is 35.5 Å². The molecule has 0 fully saturated rings. The predicted molar refractivity (Wildman–Crippen MR) is 67.0 cm³/mol. The molecule has 1 aliphatic heterocycles. The lowest BCUT2D eigenvalue weighted by Gasteiger charge is -2.16. The average molecular weight is 269 g/mol. The lowest BCUT2D eigenvalue weighted by Crippen LogP contribution is -2.28. The van der Waals surface area contributed by atoms with Gasteiger partial charge in [-0.1, -0.05) is 12.1 Å². The van der Waals surface area contributed by atoms with Gasteiger partial charge in [0.15, 0.2) is 0 Å². The molecule has 0 saturated heterocycles. The van der Waals surface area contributed by atoms with Crippen LogP contribution < -0.4 is 4.31 Å². The molecule has 88 valence electrons. The summed E-state index contributed by atoms with van der Waals surface area (Å²) in [7, 11) is -3.45. The van der Waals surface area contributed by atoms with E-state index in [2.05, 4.69) is 4.98 Å². The van der Waals surface area contributed by atoms with Crippen molar-refractivity contribution in [1.82, 2.24) is 4.98 Å². The van der Waals surface area contributed by atoms with Crippen LogP contribution >= 0.6 is 11.6 Å². The molecule has 0 radical (unpaired) electrons. The number of alkyl halides is 1. The lowest BCUT2D eigenvalue weighted by atomic mass is 10.1. The van der Waals surface area contributed by atoms with Crippen molar-refractivity contribution in [2.75, 3.05) is 16.7 Å². The Labute approximate surface area is 104 Å². The Morgan fingerprint density at radius 3 is 2.88 bits per heavy atom. The third-order valence-electron chi connectivity index (χ3n) is 2.85. The summed E-state index contributed by atoms with van der Waals surface area (Å²) in [5, 5.41) is 1.58. The summed E-state index contributed by atoms with van der Waals surface area (Å²) in [6, 6.07) is 5.20. The minimum atomic E-state index is -3.45. The van der Waals surface area contributed by atoms with Crippen LogP contribution in [0.4, 0.5) is 5.69 Å². The molecule has 0 aliphatic carbocycles. The first-order chi connectivity index (χ1) is 8.16. The molecular weight excluding hydrogens is 260 g/mol. The number of pyridine rings is 1. The Balaban J connectivity index is 2.41. The number of hydrogen-bond acceptors (Lipinski definition) is 3. The second-order valence-electron chi connectivity index (χ2n) is 3.78. The Bertz CT molecular complexity index is 694. The van der Waals surface area contributed by atoms with E-state index in [0.29, 0.717) is 10.6 Å². The molecular formula is C11H9ClN2O2S. The van der Waals surface area contributed by atoms with E-state index < -0.39 is 10.0 Å². The summed E-state index contributed by atoms with van der Waals surface area (Å²) in [6.45, 7) is 0.263. The van der Waals surface area contributed by atoms with Crippen molar-refractivity contribution < 1.29 is 8.42 Å². The number of halogens is 1. The molecule has 0 atom stereocenters. The van der Waals surface area contributed by atoms with Crippen molar-refractivity contribution in [3.05, 3.63) is 30.6 Å². The van der Waals surface area contributed by atoms with Gasteiger partial charge in [-0.15, -0.1) is 11.6 Å². The van der Waals surface area contributed by atoms with Crippen LogP contribution in [0, 0.1) is 0 Å². The maximum absolute atomic E-state index is 12.3. The fourth-order valence-electron chi connectivity index (χ4n) is 2.15. The maximum Gasteiger partial charge on any atom is 0.265 e. The zero-order valence-electron chi connectivity index (χ0n) is 8.80. The van der Waals surface area contributed by atoms with Crippen LogP contribution in [-0.2, 0) is 10.0 Å². The van der Waals surface area contributed by atoms with E-state index in [4.69, 9.17) is 11.6 Å². The number of anilines is 1. The van der Waals surface area contributed by atoms with Gasteiger partial charge in [0.1, 0.15) is 0 Å². The monoisotopic (exact) mass is 268 g/mol. The van der Waals surface area contributed by atoms with Crippen molar-refractivity contribution in [3.8, 4) is 0 Å². The van der Waals surface area contributed by atoms with Gasteiger partial charge >= 0.3 is 0 Å². The van der Waals surface area contributed by atoms with Crippen LogP contribution in [0.25, 0.3) is 10.8 Å². The second kappa shape index (κ2) is 3.58. The first-order valence-electron chi connectivity index (χ1n) is 5.11. The third kappa shape index (κ3) is 1.36. The molecule has 0 amide bonds. The summed E-state index contributed by atoms with van der Waals surface area (Å²) < 4.78 is 25.9. The summed E-state index contributed by atoms with van der Waals surface area (Å²) in [5.41, 5.74) is 0.624. The standard InChI is InChI=1S/C11H9ClN2O2S/c12-4-5-14-9-7-13-6-8-2-1-3-10(11(8)9)17(14,15)16/h1-3,6-7H,4-5H2. The van der Waals surface area contributed by atoms with Gasteiger partial charge in [-0.05, 0) is 6.07 Å². The molecule has 1 aromatic heterocycles. The van der Waals surface area contributed by atoms with E-state index in [1.54, 1.807) is 24.5 Å². The number of benzene rings is 1. The highest BCUT2D eigenvalue weighted by atomic mass is 35.5. The Morgan fingerprint density at radius 2 is 2.12 bits per heavy atom. The summed E-state index contributed by atoms with van der Waals surface area (Å²) in [4.78, 5) is 4.41. The molecule has 3 rings (SSSR count). The minimum Gasteiger partial charge on any atom is -0.263 e. The second-order valence-corrected chi connectivity index (χ2v) is 5.99. The van der Waals surface area contributed by atoms with Gasteiger partial charge in [0.05, 0.1) is 16.8 Å². The summed E-state index contributed by atoms with van der Waals surface area (Å²) >= 11 is 5.66. The number of hydrogen-bond donors (Lipinski definition) is 0. The fourth-order valence-corrected chi connectivity index (χ4v) is 4.12. The summed E-state index contributed by atoms with van der Waals surface area (Å²) in [6.07, 6.45) is 3.24. The minimum absolute atomic E-state index is 0.254. The maximum atomic E-state index is 12.3. The van der Waals surface area contributed by atoms with Gasteiger partial charge in [0.2, 0.25) is 0 Å². The van der Waals surface area contributed by atoms with E-state index in [1.807, 2.05) is 6.07 Å². The molecule has 0 saturated carbocycles. The highest BCUT2D eigenvalue weighted by Crippen LogP contribution is 2.40. The quantitative estimate of drug-likeness (QED) is 0.783. The number of rotatable bonds is 2. The Hall–Kier alpha value is -1.33. The number of aromatic nitrogens is 1. The first kappa shape index (κ1) is 10.8. The normalized spacial score (nSPS) is 16.6.